The lowest BCUT2D eigenvalue weighted by Gasteiger charge is -2.47. The van der Waals surface area contributed by atoms with Crippen molar-refractivity contribution in [3.8, 4) is 0 Å². The van der Waals surface area contributed by atoms with E-state index < -0.39 is 0 Å². The predicted octanol–water partition coefficient (Wildman–Crippen LogP) is 1.33. The van der Waals surface area contributed by atoms with Crippen molar-refractivity contribution in [1.82, 2.24) is 20.4 Å². The summed E-state index contributed by atoms with van der Waals surface area (Å²) in [6.07, 6.45) is 9.54. The van der Waals surface area contributed by atoms with Crippen molar-refractivity contribution in [3.05, 3.63) is 0 Å². The van der Waals surface area contributed by atoms with Gasteiger partial charge >= 0.3 is 6.03 Å². The summed E-state index contributed by atoms with van der Waals surface area (Å²) >= 11 is 0. The summed E-state index contributed by atoms with van der Waals surface area (Å²) in [4.78, 5) is 28.4. The fourth-order valence-corrected chi connectivity index (χ4v) is 4.51. The quantitative estimate of drug-likeness (QED) is 0.744. The predicted molar refractivity (Wildman–Crippen MR) is 100.0 cm³/mol. The fourth-order valence-electron chi connectivity index (χ4n) is 4.51. The molecule has 148 valence electrons. The minimum Gasteiger partial charge on any atom is -0.375 e. The Balaban J connectivity index is 1.32. The summed E-state index contributed by atoms with van der Waals surface area (Å²) in [5, 5.41) is 6.13. The molecular weight excluding hydrogens is 332 g/mol. The molecule has 0 radical (unpaired) electrons. The molecule has 2 aliphatic heterocycles. The number of rotatable bonds is 6. The summed E-state index contributed by atoms with van der Waals surface area (Å²) in [6.45, 7) is 3.44. The Kier molecular flexibility index (Phi) is 7.14. The van der Waals surface area contributed by atoms with Crippen LogP contribution in [-0.4, -0.2) is 79.8 Å². The van der Waals surface area contributed by atoms with Gasteiger partial charge in [0.2, 0.25) is 5.91 Å². The first-order valence-corrected chi connectivity index (χ1v) is 10.2. The minimum atomic E-state index is -0.0674. The first-order chi connectivity index (χ1) is 12.7. The second kappa shape index (κ2) is 9.55. The van der Waals surface area contributed by atoms with Crippen LogP contribution in [-0.2, 0) is 9.53 Å². The maximum atomic E-state index is 12.2. The van der Waals surface area contributed by atoms with Crippen molar-refractivity contribution >= 4 is 11.9 Å². The van der Waals surface area contributed by atoms with Gasteiger partial charge in [-0.25, -0.2) is 4.79 Å². The molecule has 3 aliphatic rings. The number of piperidine rings is 1. The second-order valence-corrected chi connectivity index (χ2v) is 7.91. The molecule has 1 saturated carbocycles. The summed E-state index contributed by atoms with van der Waals surface area (Å²) in [5.74, 6) is 0.0307. The van der Waals surface area contributed by atoms with Gasteiger partial charge in [0.15, 0.2) is 0 Å². The molecule has 1 atom stereocenters. The smallest absolute Gasteiger partial charge is 0.315 e. The number of hydrogen-bond donors (Lipinski definition) is 2. The van der Waals surface area contributed by atoms with Crippen molar-refractivity contribution in [2.24, 2.45) is 0 Å². The van der Waals surface area contributed by atoms with Crippen LogP contribution in [0.15, 0.2) is 0 Å². The maximum Gasteiger partial charge on any atom is 0.315 e. The summed E-state index contributed by atoms with van der Waals surface area (Å²) < 4.78 is 4.90. The van der Waals surface area contributed by atoms with E-state index in [1.807, 2.05) is 4.90 Å². The highest BCUT2D eigenvalue weighted by Gasteiger charge is 2.34. The Bertz CT molecular complexity index is 473. The van der Waals surface area contributed by atoms with E-state index in [2.05, 4.69) is 15.5 Å². The zero-order chi connectivity index (χ0) is 18.4. The van der Waals surface area contributed by atoms with E-state index in [1.165, 1.54) is 52.2 Å². The zero-order valence-electron chi connectivity index (χ0n) is 16.0. The number of amides is 3. The van der Waals surface area contributed by atoms with Crippen molar-refractivity contribution in [3.63, 3.8) is 0 Å². The average Bonchev–Trinajstić information content (AvgIpc) is 2.62. The Morgan fingerprint density at radius 1 is 1.00 bits per heavy atom. The highest BCUT2D eigenvalue weighted by Crippen LogP contribution is 2.29. The number of ether oxygens (including phenoxy) is 1. The Morgan fingerprint density at radius 2 is 1.73 bits per heavy atom. The van der Waals surface area contributed by atoms with E-state index in [4.69, 9.17) is 4.74 Å². The molecule has 0 bridgehead atoms. The van der Waals surface area contributed by atoms with Gasteiger partial charge in [0.05, 0.1) is 0 Å². The van der Waals surface area contributed by atoms with Crippen molar-refractivity contribution in [2.75, 3.05) is 39.9 Å². The topological polar surface area (TPSA) is 73.9 Å². The Hall–Kier alpha value is -1.34. The molecule has 7 nitrogen and oxygen atoms in total. The van der Waals surface area contributed by atoms with E-state index in [0.29, 0.717) is 19.1 Å². The third-order valence-corrected chi connectivity index (χ3v) is 6.18. The van der Waals surface area contributed by atoms with Gasteiger partial charge in [-0.3, -0.25) is 9.69 Å². The van der Waals surface area contributed by atoms with Crippen LogP contribution in [0, 0.1) is 0 Å². The number of methoxy groups -OCH3 is 1. The maximum absolute atomic E-state index is 12.2. The van der Waals surface area contributed by atoms with Crippen LogP contribution in [0.3, 0.4) is 0 Å². The molecule has 1 unspecified atom stereocenters. The van der Waals surface area contributed by atoms with Crippen LogP contribution >= 0.6 is 0 Å². The van der Waals surface area contributed by atoms with Gasteiger partial charge < -0.3 is 20.3 Å². The van der Waals surface area contributed by atoms with Gasteiger partial charge in [-0.1, -0.05) is 19.3 Å². The summed E-state index contributed by atoms with van der Waals surface area (Å²) in [7, 11) is 1.54. The van der Waals surface area contributed by atoms with Gasteiger partial charge in [-0.05, 0) is 32.1 Å². The third-order valence-electron chi connectivity index (χ3n) is 6.18. The van der Waals surface area contributed by atoms with Gasteiger partial charge in [0, 0.05) is 51.4 Å². The lowest BCUT2D eigenvalue weighted by molar-refractivity contribution is -0.136. The van der Waals surface area contributed by atoms with Gasteiger partial charge in [0.1, 0.15) is 6.61 Å². The Labute approximate surface area is 156 Å². The molecule has 1 aliphatic carbocycles. The number of carbonyl (C=O) groups excluding carboxylic acids is 2. The highest BCUT2D eigenvalue weighted by atomic mass is 16.5. The van der Waals surface area contributed by atoms with E-state index in [0.717, 1.165) is 25.4 Å². The molecule has 3 rings (SSSR count). The standard InChI is InChI=1S/C19H34N4O3/c1-26-14-18(24)22-10-7-15(8-11-22)21-19(25)20-13-17-9-12-23(17)16-5-3-2-4-6-16/h15-17H,2-14H2,1H3,(H2,20,21,25). The van der Waals surface area contributed by atoms with Gasteiger partial charge in [0.25, 0.3) is 0 Å². The number of likely N-dealkylation sites (tertiary alicyclic amines) is 2. The minimum absolute atomic E-state index is 0.0307. The molecule has 2 N–H and O–H groups in total. The number of nitrogens with one attached hydrogen (secondary N) is 2. The molecule has 3 amide bonds. The first kappa shape index (κ1) is 19.4. The number of urea groups is 1. The number of nitrogens with zero attached hydrogens (tertiary/aromatic N) is 2. The molecular formula is C19H34N4O3. The molecule has 0 spiro atoms. The molecule has 0 aromatic carbocycles. The van der Waals surface area contributed by atoms with E-state index in [1.54, 1.807) is 0 Å². The van der Waals surface area contributed by atoms with Crippen molar-refractivity contribution < 1.29 is 14.3 Å². The highest BCUT2D eigenvalue weighted by molar-refractivity contribution is 5.77. The average molecular weight is 367 g/mol. The van der Waals surface area contributed by atoms with E-state index in [-0.39, 0.29) is 24.6 Å². The van der Waals surface area contributed by atoms with Crippen molar-refractivity contribution in [1.29, 1.82) is 0 Å². The number of hydrogen-bond acceptors (Lipinski definition) is 4. The largest absolute Gasteiger partial charge is 0.375 e. The molecule has 7 heteroatoms. The molecule has 2 saturated heterocycles. The van der Waals surface area contributed by atoms with E-state index in [9.17, 15) is 9.59 Å². The summed E-state index contributed by atoms with van der Waals surface area (Å²) in [6, 6.07) is 1.33. The molecule has 26 heavy (non-hydrogen) atoms. The van der Waals surface area contributed by atoms with Gasteiger partial charge in [-0.2, -0.15) is 0 Å². The normalized spacial score (nSPS) is 25.6. The number of carbonyl (C=O) groups is 2. The lowest BCUT2D eigenvalue weighted by atomic mass is 9.89. The van der Waals surface area contributed by atoms with Crippen LogP contribution in [0.4, 0.5) is 4.79 Å². The van der Waals surface area contributed by atoms with Crippen LogP contribution in [0.5, 0.6) is 0 Å². The second-order valence-electron chi connectivity index (χ2n) is 7.91. The molecule has 3 fully saturated rings. The van der Waals surface area contributed by atoms with Crippen LogP contribution < -0.4 is 10.6 Å². The van der Waals surface area contributed by atoms with Crippen LogP contribution in [0.25, 0.3) is 0 Å². The monoisotopic (exact) mass is 366 g/mol. The van der Waals surface area contributed by atoms with Crippen LogP contribution in [0.2, 0.25) is 0 Å². The molecule has 2 heterocycles. The van der Waals surface area contributed by atoms with Crippen molar-refractivity contribution in [2.45, 2.75) is 69.5 Å². The summed E-state index contributed by atoms with van der Waals surface area (Å²) in [5.41, 5.74) is 0. The third kappa shape index (κ3) is 5.10. The molecule has 0 aromatic heterocycles. The Morgan fingerprint density at radius 3 is 2.35 bits per heavy atom. The molecule has 0 aromatic rings. The zero-order valence-corrected chi connectivity index (χ0v) is 16.0. The van der Waals surface area contributed by atoms with E-state index >= 15 is 0 Å². The first-order valence-electron chi connectivity index (χ1n) is 10.2. The SMILES string of the molecule is COCC(=O)N1CCC(NC(=O)NCC2CCN2C2CCCCC2)CC1. The lowest BCUT2D eigenvalue weighted by Crippen LogP contribution is -2.59. The van der Waals surface area contributed by atoms with Gasteiger partial charge in [-0.15, -0.1) is 0 Å². The fraction of sp³-hybridized carbons (Fsp3) is 0.895. The van der Waals surface area contributed by atoms with Crippen LogP contribution in [0.1, 0.15) is 51.4 Å².